The molecular formula is C17H17NOS2. The second kappa shape index (κ2) is 5.78. The molecule has 2 aromatic carbocycles. The van der Waals surface area contributed by atoms with Gasteiger partial charge in [-0.1, -0.05) is 42.6 Å². The molecule has 0 radical (unpaired) electrons. The first-order valence-electron chi connectivity index (χ1n) is 6.96. The van der Waals surface area contributed by atoms with E-state index in [0.29, 0.717) is 0 Å². The van der Waals surface area contributed by atoms with Crippen molar-refractivity contribution < 1.29 is 4.79 Å². The molecule has 3 rings (SSSR count). The van der Waals surface area contributed by atoms with Gasteiger partial charge < -0.3 is 0 Å². The lowest BCUT2D eigenvalue weighted by atomic mass is 10.1. The highest BCUT2D eigenvalue weighted by Crippen LogP contribution is 2.49. The molecule has 2 nitrogen and oxygen atoms in total. The van der Waals surface area contributed by atoms with Gasteiger partial charge in [0.25, 0.3) is 5.24 Å². The zero-order chi connectivity index (χ0) is 15.0. The minimum Gasteiger partial charge on any atom is -0.270 e. The van der Waals surface area contributed by atoms with Crippen LogP contribution in [0.4, 0.5) is 16.2 Å². The first-order valence-corrected chi connectivity index (χ1v) is 8.76. The Morgan fingerprint density at radius 3 is 2.05 bits per heavy atom. The van der Waals surface area contributed by atoms with Gasteiger partial charge in [-0.2, -0.15) is 0 Å². The minimum atomic E-state index is 0.0907. The molecule has 1 aliphatic heterocycles. The molecule has 0 atom stereocenters. The zero-order valence-electron chi connectivity index (χ0n) is 12.3. The predicted octanol–water partition coefficient (Wildman–Crippen LogP) is 5.78. The summed E-state index contributed by atoms with van der Waals surface area (Å²) in [6.07, 6.45) is 0. The Morgan fingerprint density at radius 2 is 1.57 bits per heavy atom. The Morgan fingerprint density at radius 1 is 1.05 bits per heavy atom. The minimum absolute atomic E-state index is 0.0907. The van der Waals surface area contributed by atoms with Crippen LogP contribution in [-0.4, -0.2) is 11.0 Å². The van der Waals surface area contributed by atoms with Crippen molar-refractivity contribution in [2.24, 2.45) is 0 Å². The number of carbonyl (C=O) groups is 1. The van der Waals surface area contributed by atoms with Crippen LogP contribution >= 0.6 is 23.5 Å². The SMILES string of the molecule is CCSC(=O)N1c2ccc(C)cc2Sc2cc(C)ccc21. The third-order valence-corrected chi connectivity index (χ3v) is 5.19. The van der Waals surface area contributed by atoms with E-state index in [0.717, 1.165) is 26.9 Å². The summed E-state index contributed by atoms with van der Waals surface area (Å²) in [6.45, 7) is 6.17. The fourth-order valence-electron chi connectivity index (χ4n) is 2.41. The number of aryl methyl sites for hydroxylation is 2. The molecule has 1 aliphatic rings. The number of nitrogens with zero attached hydrogens (tertiary/aromatic N) is 1. The number of hydrogen-bond acceptors (Lipinski definition) is 3. The molecule has 0 bridgehead atoms. The Hall–Kier alpha value is -1.39. The molecule has 0 saturated carbocycles. The summed E-state index contributed by atoms with van der Waals surface area (Å²) >= 11 is 3.10. The summed E-state index contributed by atoms with van der Waals surface area (Å²) < 4.78 is 0. The molecule has 0 fully saturated rings. The van der Waals surface area contributed by atoms with E-state index in [2.05, 4.69) is 50.2 Å². The second-order valence-electron chi connectivity index (χ2n) is 5.08. The Bertz CT molecular complexity index is 660. The standard InChI is InChI=1S/C17H17NOS2/c1-4-20-17(19)18-13-7-5-11(2)9-15(13)21-16-10-12(3)6-8-14(16)18/h5-10H,4H2,1-3H3. The van der Waals surface area contributed by atoms with E-state index >= 15 is 0 Å². The molecule has 2 aromatic rings. The number of fused-ring (bicyclic) bond motifs is 2. The smallest absolute Gasteiger partial charge is 0.270 e. The summed E-state index contributed by atoms with van der Waals surface area (Å²) in [6, 6.07) is 12.5. The normalized spacial score (nSPS) is 12.8. The maximum atomic E-state index is 12.6. The molecule has 4 heteroatoms. The largest absolute Gasteiger partial charge is 0.290 e. The second-order valence-corrected chi connectivity index (χ2v) is 7.38. The van der Waals surface area contributed by atoms with Gasteiger partial charge in [0.05, 0.1) is 11.4 Å². The monoisotopic (exact) mass is 315 g/mol. The number of rotatable bonds is 1. The Balaban J connectivity index is 2.16. The lowest BCUT2D eigenvalue weighted by molar-refractivity contribution is 0.267. The maximum Gasteiger partial charge on any atom is 0.290 e. The van der Waals surface area contributed by atoms with Gasteiger partial charge in [0.2, 0.25) is 0 Å². The summed E-state index contributed by atoms with van der Waals surface area (Å²) in [5.74, 6) is 0.783. The van der Waals surface area contributed by atoms with Gasteiger partial charge in [-0.05, 0) is 55.0 Å². The van der Waals surface area contributed by atoms with E-state index in [1.807, 2.05) is 11.8 Å². The highest BCUT2D eigenvalue weighted by Gasteiger charge is 2.28. The lowest BCUT2D eigenvalue weighted by Crippen LogP contribution is -2.25. The van der Waals surface area contributed by atoms with Crippen LogP contribution in [0.5, 0.6) is 0 Å². The van der Waals surface area contributed by atoms with Crippen molar-refractivity contribution in [2.45, 2.75) is 30.6 Å². The van der Waals surface area contributed by atoms with Crippen molar-refractivity contribution in [1.82, 2.24) is 0 Å². The topological polar surface area (TPSA) is 20.3 Å². The number of anilines is 2. The predicted molar refractivity (Wildman–Crippen MR) is 92.1 cm³/mol. The van der Waals surface area contributed by atoms with Crippen molar-refractivity contribution >= 4 is 40.1 Å². The Kier molecular flexibility index (Phi) is 4.00. The summed E-state index contributed by atoms with van der Waals surface area (Å²) in [5.41, 5.74) is 4.42. The average Bonchev–Trinajstić information content (AvgIpc) is 2.44. The Labute approximate surface area is 133 Å². The summed E-state index contributed by atoms with van der Waals surface area (Å²) in [4.78, 5) is 16.7. The molecule has 108 valence electrons. The summed E-state index contributed by atoms with van der Waals surface area (Å²) in [5, 5.41) is 0.0907. The van der Waals surface area contributed by atoms with E-state index in [4.69, 9.17) is 0 Å². The van der Waals surface area contributed by atoms with Crippen LogP contribution in [0.3, 0.4) is 0 Å². The third-order valence-electron chi connectivity index (χ3n) is 3.38. The van der Waals surface area contributed by atoms with Crippen LogP contribution in [0.2, 0.25) is 0 Å². The molecule has 1 amide bonds. The van der Waals surface area contributed by atoms with Crippen LogP contribution in [0, 0.1) is 13.8 Å². The van der Waals surface area contributed by atoms with Gasteiger partial charge in [0, 0.05) is 9.79 Å². The first kappa shape index (κ1) is 14.5. The van der Waals surface area contributed by atoms with Gasteiger partial charge in [-0.15, -0.1) is 0 Å². The van der Waals surface area contributed by atoms with Crippen LogP contribution in [-0.2, 0) is 0 Å². The molecule has 0 saturated heterocycles. The van der Waals surface area contributed by atoms with Crippen molar-refractivity contribution in [2.75, 3.05) is 10.7 Å². The average molecular weight is 315 g/mol. The zero-order valence-corrected chi connectivity index (χ0v) is 14.0. The number of thioether (sulfide) groups is 1. The third kappa shape index (κ3) is 2.70. The number of hydrogen-bond donors (Lipinski definition) is 0. The molecule has 0 N–H and O–H groups in total. The van der Waals surface area contributed by atoms with Crippen molar-refractivity contribution in [3.05, 3.63) is 47.5 Å². The summed E-state index contributed by atoms with van der Waals surface area (Å²) in [7, 11) is 0. The first-order chi connectivity index (χ1) is 10.1. The quantitative estimate of drug-likeness (QED) is 0.665. The van der Waals surface area contributed by atoms with Gasteiger partial charge in [-0.3, -0.25) is 9.69 Å². The van der Waals surface area contributed by atoms with E-state index in [9.17, 15) is 4.79 Å². The van der Waals surface area contributed by atoms with E-state index in [1.165, 1.54) is 22.9 Å². The van der Waals surface area contributed by atoms with Crippen molar-refractivity contribution in [3.63, 3.8) is 0 Å². The molecule has 1 heterocycles. The number of carbonyl (C=O) groups excluding carboxylic acids is 1. The van der Waals surface area contributed by atoms with Gasteiger partial charge >= 0.3 is 0 Å². The van der Waals surface area contributed by atoms with Crippen LogP contribution in [0.15, 0.2) is 46.2 Å². The van der Waals surface area contributed by atoms with E-state index < -0.39 is 0 Å². The van der Waals surface area contributed by atoms with Crippen molar-refractivity contribution in [1.29, 1.82) is 0 Å². The molecule has 0 spiro atoms. The highest BCUT2D eigenvalue weighted by molar-refractivity contribution is 8.13. The highest BCUT2D eigenvalue weighted by atomic mass is 32.2. The van der Waals surface area contributed by atoms with E-state index in [1.54, 1.807) is 11.8 Å². The molecule has 0 unspecified atom stereocenters. The van der Waals surface area contributed by atoms with Gasteiger partial charge in [0.1, 0.15) is 0 Å². The molecule has 0 aromatic heterocycles. The van der Waals surface area contributed by atoms with Crippen LogP contribution < -0.4 is 4.90 Å². The number of benzene rings is 2. The fraction of sp³-hybridized carbons (Fsp3) is 0.235. The van der Waals surface area contributed by atoms with Gasteiger partial charge in [0.15, 0.2) is 0 Å². The molecule has 21 heavy (non-hydrogen) atoms. The van der Waals surface area contributed by atoms with Crippen molar-refractivity contribution in [3.8, 4) is 0 Å². The molecule has 0 aliphatic carbocycles. The van der Waals surface area contributed by atoms with Gasteiger partial charge in [-0.25, -0.2) is 0 Å². The maximum absolute atomic E-state index is 12.6. The van der Waals surface area contributed by atoms with Crippen LogP contribution in [0.25, 0.3) is 0 Å². The van der Waals surface area contributed by atoms with E-state index in [-0.39, 0.29) is 5.24 Å². The number of amides is 1. The fourth-order valence-corrected chi connectivity index (χ4v) is 4.24. The van der Waals surface area contributed by atoms with Crippen LogP contribution in [0.1, 0.15) is 18.1 Å². The molecular weight excluding hydrogens is 298 g/mol. The lowest BCUT2D eigenvalue weighted by Gasteiger charge is -2.31.